The van der Waals surface area contributed by atoms with E-state index in [4.69, 9.17) is 0 Å². The highest BCUT2D eigenvalue weighted by Gasteiger charge is 2.90. The molecule has 2 spiro atoms. The maximum absolute atomic E-state index is 2.73. The first-order valence-corrected chi connectivity index (χ1v) is 26.8. The average molecular weight is 839 g/mol. The van der Waals surface area contributed by atoms with Gasteiger partial charge in [-0.05, 0) is 168 Å². The van der Waals surface area contributed by atoms with Crippen molar-refractivity contribution in [3.63, 3.8) is 0 Å². The van der Waals surface area contributed by atoms with Crippen LogP contribution in [0, 0.1) is 29.1 Å². The molecule has 3 nitrogen and oxygen atoms in total. The Balaban J connectivity index is 0.961. The first-order valence-electron chi connectivity index (χ1n) is 24.3. The normalized spacial score (nSPS) is 27.2. The summed E-state index contributed by atoms with van der Waals surface area (Å²) in [5.41, 5.74) is 24.9. The lowest BCUT2D eigenvalue weighted by Gasteiger charge is -2.92. The summed E-state index contributed by atoms with van der Waals surface area (Å²) in [5.74, 6) is 3.72. The van der Waals surface area contributed by atoms with Crippen LogP contribution in [0.4, 0.5) is 34.1 Å². The Hall–Kier alpha value is -6.04. The molecule has 3 heterocycles. The Bertz CT molecular complexity index is 3330. The predicted octanol–water partition coefficient (Wildman–Crippen LogP) is 11.7. The van der Waals surface area contributed by atoms with Gasteiger partial charge in [0.15, 0.2) is 0 Å². The maximum atomic E-state index is 2.73. The van der Waals surface area contributed by atoms with Crippen molar-refractivity contribution >= 4 is 93.8 Å². The van der Waals surface area contributed by atoms with Gasteiger partial charge in [0.05, 0.1) is 18.6 Å². The minimum atomic E-state index is -0.840. The highest BCUT2D eigenvalue weighted by atomic mass is 28.3. The van der Waals surface area contributed by atoms with Crippen molar-refractivity contribution in [1.29, 1.82) is 0 Å². The predicted molar refractivity (Wildman–Crippen MR) is 269 cm³/mol. The lowest BCUT2D eigenvalue weighted by atomic mass is 9.11. The molecule has 306 valence electrons. The number of hydrogen-bond acceptors (Lipinski definition) is 2. The molecule has 7 aliphatic carbocycles. The van der Waals surface area contributed by atoms with E-state index in [0.29, 0.717) is 5.41 Å². The molecule has 4 fully saturated rings. The van der Waals surface area contributed by atoms with Crippen molar-refractivity contribution in [2.45, 2.75) is 63.5 Å². The highest BCUT2D eigenvalue weighted by Crippen LogP contribution is 2.95. The lowest BCUT2D eigenvalue weighted by Crippen LogP contribution is -2.88. The number of nitrogens with zero attached hydrogens (tertiary/aromatic N) is 3. The molecule has 64 heavy (non-hydrogen) atoms. The molecule has 0 amide bonds. The molecular weight excluding hydrogens is 790 g/mol. The summed E-state index contributed by atoms with van der Waals surface area (Å²) in [6.45, 7) is 5.04. The summed E-state index contributed by atoms with van der Waals surface area (Å²) in [5, 5.41) is 2.83. The molecule has 7 aromatic rings. The van der Waals surface area contributed by atoms with Crippen molar-refractivity contribution in [1.82, 2.24) is 4.57 Å². The van der Waals surface area contributed by atoms with Crippen molar-refractivity contribution in [2.75, 3.05) is 9.80 Å². The van der Waals surface area contributed by atoms with E-state index in [1.807, 2.05) is 5.57 Å². The number of hydrogen-bond donors (Lipinski definition) is 0. The van der Waals surface area contributed by atoms with E-state index in [1.165, 1.54) is 121 Å². The largest absolute Gasteiger partial charge is 0.345 e. The van der Waals surface area contributed by atoms with Gasteiger partial charge in [-0.3, -0.25) is 0 Å². The lowest BCUT2D eigenvalue weighted by molar-refractivity contribution is -0.413. The SMILES string of the molecule is C[Si+](C)c1cc2c3c(c1)N(c1ccccc1)c1cc4c(cc1B3c1ccccc1N2c1ccc2c(c1)C1(C3=C2C=CCC3)C2CC3CC5CC1C352)c1c(n4-c2ccccc2)CCC=C1. The fraction of sp³-hybridized carbons (Fsp3) is 0.254. The number of benzene rings is 6. The molecule has 4 saturated carbocycles. The second-order valence-electron chi connectivity index (χ2n) is 21.0. The second-order valence-corrected chi connectivity index (χ2v) is 23.5. The first kappa shape index (κ1) is 35.3. The molecule has 9 aliphatic rings. The number of aromatic nitrogens is 1. The topological polar surface area (TPSA) is 11.4 Å². The zero-order chi connectivity index (χ0) is 41.8. The van der Waals surface area contributed by atoms with Crippen LogP contribution in [0.5, 0.6) is 0 Å². The number of rotatable bonds is 4. The highest BCUT2D eigenvalue weighted by molar-refractivity contribution is 7.00. The molecule has 16 rings (SSSR count). The van der Waals surface area contributed by atoms with E-state index < -0.39 is 8.80 Å². The zero-order valence-corrected chi connectivity index (χ0v) is 37.6. The second kappa shape index (κ2) is 12.0. The summed E-state index contributed by atoms with van der Waals surface area (Å²) in [4.78, 5) is 5.35. The minimum Gasteiger partial charge on any atom is -0.313 e. The fourth-order valence-corrected chi connectivity index (χ4v) is 17.2. The third-order valence-electron chi connectivity index (χ3n) is 18.6. The molecule has 2 aliphatic heterocycles. The molecule has 4 unspecified atom stereocenters. The molecule has 5 heteroatoms. The number of fused-ring (bicyclic) bond motifs is 13. The Morgan fingerprint density at radius 1 is 0.609 bits per heavy atom. The van der Waals surface area contributed by atoms with Gasteiger partial charge in [-0.2, -0.15) is 0 Å². The van der Waals surface area contributed by atoms with Gasteiger partial charge < -0.3 is 14.4 Å². The van der Waals surface area contributed by atoms with Crippen LogP contribution in [-0.4, -0.2) is 20.1 Å². The van der Waals surface area contributed by atoms with Crippen LogP contribution in [0.25, 0.3) is 28.2 Å². The zero-order valence-electron chi connectivity index (χ0n) is 36.6. The molecule has 0 radical (unpaired) electrons. The van der Waals surface area contributed by atoms with Gasteiger partial charge in [0, 0.05) is 61.9 Å². The van der Waals surface area contributed by atoms with E-state index in [0.717, 1.165) is 36.5 Å². The van der Waals surface area contributed by atoms with Crippen molar-refractivity contribution in [2.24, 2.45) is 29.1 Å². The molecular formula is C59H49BN3Si+. The summed E-state index contributed by atoms with van der Waals surface area (Å²) in [6, 6.07) is 49.9. The van der Waals surface area contributed by atoms with E-state index in [9.17, 15) is 0 Å². The summed E-state index contributed by atoms with van der Waals surface area (Å²) in [6.07, 6.45) is 18.7. The van der Waals surface area contributed by atoms with Crippen LogP contribution in [0.15, 0.2) is 151 Å². The van der Waals surface area contributed by atoms with E-state index in [2.05, 4.69) is 179 Å². The molecule has 4 atom stereocenters. The number of allylic oxidation sites excluding steroid dienone is 5. The van der Waals surface area contributed by atoms with Crippen LogP contribution in [0.3, 0.4) is 0 Å². The van der Waals surface area contributed by atoms with Crippen LogP contribution in [0.1, 0.15) is 60.9 Å². The van der Waals surface area contributed by atoms with Gasteiger partial charge in [0.2, 0.25) is 0 Å². The first-order chi connectivity index (χ1) is 31.6. The smallest absolute Gasteiger partial charge is 0.313 e. The van der Waals surface area contributed by atoms with Crippen molar-refractivity contribution in [3.05, 3.63) is 174 Å². The van der Waals surface area contributed by atoms with E-state index >= 15 is 0 Å². The Morgan fingerprint density at radius 2 is 1.31 bits per heavy atom. The third kappa shape index (κ3) is 3.91. The van der Waals surface area contributed by atoms with Crippen molar-refractivity contribution < 1.29 is 0 Å². The van der Waals surface area contributed by atoms with Gasteiger partial charge >= 0.3 is 8.80 Å². The van der Waals surface area contributed by atoms with Crippen LogP contribution in [0.2, 0.25) is 13.1 Å². The van der Waals surface area contributed by atoms with E-state index in [1.54, 1.807) is 11.1 Å². The molecule has 0 saturated heterocycles. The minimum absolute atomic E-state index is 0.0855. The van der Waals surface area contributed by atoms with Crippen molar-refractivity contribution in [3.8, 4) is 5.69 Å². The quantitative estimate of drug-likeness (QED) is 0.164. The summed E-state index contributed by atoms with van der Waals surface area (Å²) in [7, 11) is -0.840. The Labute approximate surface area is 378 Å². The van der Waals surface area contributed by atoms with Gasteiger partial charge in [-0.15, -0.1) is 0 Å². The molecule has 6 aromatic carbocycles. The average Bonchev–Trinajstić information content (AvgIpc) is 3.80. The third-order valence-corrected chi connectivity index (χ3v) is 20.1. The summed E-state index contributed by atoms with van der Waals surface area (Å²) < 4.78 is 2.57. The van der Waals surface area contributed by atoms with Crippen LogP contribution >= 0.6 is 0 Å². The van der Waals surface area contributed by atoms with Gasteiger partial charge in [0.1, 0.15) is 5.19 Å². The number of anilines is 6. The summed E-state index contributed by atoms with van der Waals surface area (Å²) >= 11 is 0. The van der Waals surface area contributed by atoms with E-state index in [-0.39, 0.29) is 12.1 Å². The Morgan fingerprint density at radius 3 is 2.08 bits per heavy atom. The van der Waals surface area contributed by atoms with Gasteiger partial charge in [0.25, 0.3) is 6.71 Å². The van der Waals surface area contributed by atoms with Crippen LogP contribution < -0.4 is 31.4 Å². The van der Waals surface area contributed by atoms with Crippen LogP contribution in [-0.2, 0) is 11.8 Å². The molecule has 1 aromatic heterocycles. The van der Waals surface area contributed by atoms with Gasteiger partial charge in [-0.25, -0.2) is 0 Å². The monoisotopic (exact) mass is 838 g/mol. The molecule has 0 bridgehead atoms. The van der Waals surface area contributed by atoms with Gasteiger partial charge in [-0.1, -0.05) is 96.6 Å². The number of para-hydroxylation sites is 3. The molecule has 0 N–H and O–H groups in total. The Kier molecular flexibility index (Phi) is 6.62. The maximum Gasteiger partial charge on any atom is 0.345 e. The standard InChI is InChI=1S/C59H49BN3Si/c1-64(2)40-31-53-57-54(32-40)63(39-25-26-42-41-19-9-11-21-45(41)59(46(42)30-39)55-28-35-27-36-29-56(59)58(35,36)55)50-24-14-12-22-47(50)60(57)48-33-44-43-20-10-13-23-49(43)61(37-15-5-3-6-16-37)51(44)34-52(48)62(53)38-17-7-4-8-18-38/h3-10,12,14-20,22,24-26,30-36,55-56H,11,13,21,23,27-29H2,1-2H3/q+1. The fourth-order valence-electron chi connectivity index (χ4n) is 16.4.